The number of aromatic nitrogens is 2. The van der Waals surface area contributed by atoms with Gasteiger partial charge < -0.3 is 10.0 Å². The van der Waals surface area contributed by atoms with Crippen molar-refractivity contribution in [3.63, 3.8) is 0 Å². The van der Waals surface area contributed by atoms with Gasteiger partial charge in [0.15, 0.2) is 5.82 Å². The van der Waals surface area contributed by atoms with Crippen molar-refractivity contribution >= 4 is 5.82 Å². The summed E-state index contributed by atoms with van der Waals surface area (Å²) in [5, 5.41) is 27.8. The molecule has 28 heavy (non-hydrogen) atoms. The highest BCUT2D eigenvalue weighted by Gasteiger charge is 2.44. The number of phenols is 1. The second-order valence-corrected chi connectivity index (χ2v) is 8.98. The van der Waals surface area contributed by atoms with E-state index in [4.69, 9.17) is 5.26 Å². The van der Waals surface area contributed by atoms with Crippen LogP contribution in [0.3, 0.4) is 0 Å². The zero-order valence-electron chi connectivity index (χ0n) is 17.6. The first-order valence-electron chi connectivity index (χ1n) is 9.59. The molecule has 1 aromatic heterocycles. The van der Waals surface area contributed by atoms with Crippen molar-refractivity contribution in [2.45, 2.75) is 57.7 Å². The Labute approximate surface area is 167 Å². The molecule has 0 amide bonds. The molecule has 6 nitrogen and oxygen atoms in total. The van der Waals surface area contributed by atoms with E-state index in [2.05, 4.69) is 61.8 Å². The van der Waals surface area contributed by atoms with Crippen LogP contribution >= 0.6 is 0 Å². The molecule has 1 aliphatic rings. The van der Waals surface area contributed by atoms with Gasteiger partial charge in [0.25, 0.3) is 0 Å². The summed E-state index contributed by atoms with van der Waals surface area (Å²) in [6.45, 7) is 9.16. The van der Waals surface area contributed by atoms with Gasteiger partial charge in [0.1, 0.15) is 5.75 Å². The van der Waals surface area contributed by atoms with Gasteiger partial charge in [-0.05, 0) is 77.9 Å². The molecule has 0 atom stereocenters. The van der Waals surface area contributed by atoms with Crippen molar-refractivity contribution in [2.75, 3.05) is 19.0 Å². The van der Waals surface area contributed by atoms with Crippen LogP contribution in [0, 0.1) is 11.3 Å². The van der Waals surface area contributed by atoms with Gasteiger partial charge in [-0.15, -0.1) is 10.2 Å². The molecule has 148 valence electrons. The van der Waals surface area contributed by atoms with Gasteiger partial charge in [0, 0.05) is 29.7 Å². The van der Waals surface area contributed by atoms with E-state index in [-0.39, 0.29) is 16.8 Å². The van der Waals surface area contributed by atoms with Gasteiger partial charge in [-0.2, -0.15) is 5.26 Å². The van der Waals surface area contributed by atoms with Crippen molar-refractivity contribution in [3.05, 3.63) is 35.9 Å². The fourth-order valence-electron chi connectivity index (χ4n) is 4.25. The van der Waals surface area contributed by atoms with E-state index < -0.39 is 0 Å². The molecule has 1 fully saturated rings. The summed E-state index contributed by atoms with van der Waals surface area (Å²) in [6, 6.07) is 11.0. The fourth-order valence-corrected chi connectivity index (χ4v) is 4.25. The van der Waals surface area contributed by atoms with Gasteiger partial charge >= 0.3 is 0 Å². The Bertz CT molecular complexity index is 880. The molecular weight excluding hydrogens is 350 g/mol. The average molecular weight is 380 g/mol. The first-order chi connectivity index (χ1) is 13.0. The molecule has 0 bridgehead atoms. The average Bonchev–Trinajstić information content (AvgIpc) is 2.65. The molecule has 6 heteroatoms. The number of benzene rings is 1. The molecular formula is C22H29N5O. The predicted octanol–water partition coefficient (Wildman–Crippen LogP) is 3.81. The standard InChI is InChI=1S/C22H29N5O/c1-21(2)12-16(13-22(3,4)27(21)6)26(5)20-10-9-18(24-25-20)17-8-7-15(14-23)11-19(17)28/h7-11,16,28H,12-13H2,1-6H3. The van der Waals surface area contributed by atoms with E-state index in [1.54, 1.807) is 12.1 Å². The topological polar surface area (TPSA) is 76.3 Å². The number of anilines is 1. The van der Waals surface area contributed by atoms with Gasteiger partial charge in [-0.3, -0.25) is 4.90 Å². The minimum atomic E-state index is 0.0354. The van der Waals surface area contributed by atoms with E-state index >= 15 is 0 Å². The van der Waals surface area contributed by atoms with Gasteiger partial charge in [-0.25, -0.2) is 0 Å². The largest absolute Gasteiger partial charge is 0.507 e. The van der Waals surface area contributed by atoms with Crippen LogP contribution in [0.1, 0.15) is 46.1 Å². The number of piperidine rings is 1. The van der Waals surface area contributed by atoms with Gasteiger partial charge in [0.05, 0.1) is 17.3 Å². The zero-order valence-corrected chi connectivity index (χ0v) is 17.6. The summed E-state index contributed by atoms with van der Waals surface area (Å²) in [5.41, 5.74) is 1.77. The lowest BCUT2D eigenvalue weighted by Crippen LogP contribution is -2.62. The second kappa shape index (κ2) is 7.06. The number of rotatable bonds is 3. The van der Waals surface area contributed by atoms with Gasteiger partial charge in [-0.1, -0.05) is 0 Å². The molecule has 3 rings (SSSR count). The minimum absolute atomic E-state index is 0.0354. The van der Waals surface area contributed by atoms with Crippen LogP contribution in [0.5, 0.6) is 5.75 Å². The van der Waals surface area contributed by atoms with Crippen LogP contribution in [0.2, 0.25) is 0 Å². The van der Waals surface area contributed by atoms with E-state index in [0.717, 1.165) is 18.7 Å². The Balaban J connectivity index is 1.83. The van der Waals surface area contributed by atoms with E-state index in [1.807, 2.05) is 18.2 Å². The summed E-state index contributed by atoms with van der Waals surface area (Å²) >= 11 is 0. The van der Waals surface area contributed by atoms with E-state index in [1.165, 1.54) is 6.07 Å². The monoisotopic (exact) mass is 379 g/mol. The third-order valence-corrected chi connectivity index (χ3v) is 6.25. The molecule has 1 aliphatic heterocycles. The Kier molecular flexibility index (Phi) is 5.07. The van der Waals surface area contributed by atoms with E-state index in [0.29, 0.717) is 22.9 Å². The maximum Gasteiger partial charge on any atom is 0.151 e. The molecule has 0 saturated carbocycles. The molecule has 0 radical (unpaired) electrons. The molecule has 1 saturated heterocycles. The van der Waals surface area contributed by atoms with Crippen molar-refractivity contribution in [3.8, 4) is 23.1 Å². The second-order valence-electron chi connectivity index (χ2n) is 8.98. The Morgan fingerprint density at radius 1 is 1.11 bits per heavy atom. The first kappa shape index (κ1) is 20.1. The van der Waals surface area contributed by atoms with Crippen molar-refractivity contribution < 1.29 is 5.11 Å². The quantitative estimate of drug-likeness (QED) is 0.874. The Morgan fingerprint density at radius 2 is 1.75 bits per heavy atom. The maximum atomic E-state index is 10.2. The number of hydrogen-bond donors (Lipinski definition) is 1. The van der Waals surface area contributed by atoms with Crippen molar-refractivity contribution in [2.24, 2.45) is 0 Å². The lowest BCUT2D eigenvalue weighted by molar-refractivity contribution is -0.0120. The summed E-state index contributed by atoms with van der Waals surface area (Å²) in [4.78, 5) is 4.68. The number of phenolic OH excluding ortho intramolecular Hbond substituents is 1. The highest BCUT2D eigenvalue weighted by Crippen LogP contribution is 2.39. The first-order valence-corrected chi connectivity index (χ1v) is 9.59. The highest BCUT2D eigenvalue weighted by molar-refractivity contribution is 5.68. The SMILES string of the molecule is CN(c1ccc(-c2ccc(C#N)cc2O)nn1)C1CC(C)(C)N(C)C(C)(C)C1. The Morgan fingerprint density at radius 3 is 2.25 bits per heavy atom. The summed E-state index contributed by atoms with van der Waals surface area (Å²) in [5.74, 6) is 0.853. The van der Waals surface area contributed by atoms with Crippen LogP contribution in [-0.2, 0) is 0 Å². The minimum Gasteiger partial charge on any atom is -0.507 e. The Hall–Kier alpha value is -2.65. The van der Waals surface area contributed by atoms with Gasteiger partial charge in [0.2, 0.25) is 0 Å². The van der Waals surface area contributed by atoms with Crippen molar-refractivity contribution in [1.29, 1.82) is 5.26 Å². The molecule has 2 aromatic rings. The predicted molar refractivity (Wildman–Crippen MR) is 111 cm³/mol. The van der Waals surface area contributed by atoms with Crippen molar-refractivity contribution in [1.82, 2.24) is 15.1 Å². The molecule has 0 spiro atoms. The number of likely N-dealkylation sites (tertiary alicyclic amines) is 1. The molecule has 0 unspecified atom stereocenters. The number of hydrogen-bond acceptors (Lipinski definition) is 6. The maximum absolute atomic E-state index is 10.2. The number of aromatic hydroxyl groups is 1. The molecule has 1 aromatic carbocycles. The number of nitrogens with zero attached hydrogens (tertiary/aromatic N) is 5. The normalized spacial score (nSPS) is 19.2. The summed E-state index contributed by atoms with van der Waals surface area (Å²) < 4.78 is 0. The fraction of sp³-hybridized carbons (Fsp3) is 0.500. The molecule has 0 aliphatic carbocycles. The lowest BCUT2D eigenvalue weighted by Gasteiger charge is -2.55. The third kappa shape index (κ3) is 3.67. The smallest absolute Gasteiger partial charge is 0.151 e. The van der Waals surface area contributed by atoms with E-state index in [9.17, 15) is 5.11 Å². The van der Waals surface area contributed by atoms with Crippen LogP contribution in [0.25, 0.3) is 11.3 Å². The molecule has 1 N–H and O–H groups in total. The third-order valence-electron chi connectivity index (χ3n) is 6.25. The zero-order chi connectivity index (χ0) is 20.7. The summed E-state index contributed by atoms with van der Waals surface area (Å²) in [7, 11) is 4.28. The van der Waals surface area contributed by atoms with Crippen LogP contribution in [0.15, 0.2) is 30.3 Å². The number of nitriles is 1. The lowest BCUT2D eigenvalue weighted by atomic mass is 9.77. The van der Waals surface area contributed by atoms with Crippen LogP contribution in [0.4, 0.5) is 5.82 Å². The van der Waals surface area contributed by atoms with Crippen LogP contribution in [-0.4, -0.2) is 51.4 Å². The van der Waals surface area contributed by atoms with Crippen LogP contribution < -0.4 is 4.90 Å². The highest BCUT2D eigenvalue weighted by atomic mass is 16.3. The summed E-state index contributed by atoms with van der Waals surface area (Å²) in [6.07, 6.45) is 2.09. The molecule has 2 heterocycles.